The third-order valence-electron chi connectivity index (χ3n) is 8.55. The largest absolute Gasteiger partial charge is 0.258 e. The molecule has 0 N–H and O–H groups in total. The van der Waals surface area contributed by atoms with E-state index >= 15 is 0 Å². The van der Waals surface area contributed by atoms with Gasteiger partial charge in [0.25, 0.3) is 0 Å². The fraction of sp³-hybridized carbons (Fsp3) is 0.133. The smallest absolute Gasteiger partial charge is 0.164 e. The lowest BCUT2D eigenvalue weighted by Gasteiger charge is -2.13. The molecule has 2 aromatic heterocycles. The summed E-state index contributed by atoms with van der Waals surface area (Å²) in [6, 6.07) is 40.0. The van der Waals surface area contributed by atoms with Gasteiger partial charge < -0.3 is 0 Å². The number of nitrogens with zero attached hydrogens (tertiary/aromatic N) is 5. The summed E-state index contributed by atoms with van der Waals surface area (Å²) in [4.78, 5) is 24.4. The van der Waals surface area contributed by atoms with Crippen LogP contribution in [0.3, 0.4) is 0 Å². The Morgan fingerprint density at radius 2 is 1.16 bits per heavy atom. The van der Waals surface area contributed by atoms with Crippen LogP contribution in [0.25, 0.3) is 61.9 Å². The number of aliphatic imine (C=N–C) groups is 1. The molecule has 5 nitrogen and oxygen atoms in total. The Hall–Kier alpha value is -6.07. The molecule has 0 unspecified atom stereocenters. The Bertz CT molecular complexity index is 2240. The molecule has 0 radical (unpaired) electrons. The molecular formula is C45H41N5. The number of pyridine rings is 1. The Morgan fingerprint density at radius 1 is 0.560 bits per heavy atom. The molecule has 0 aliphatic carbocycles. The molecule has 6 aromatic rings. The second-order valence-electron chi connectivity index (χ2n) is 12.3. The molecule has 0 aliphatic rings. The summed E-state index contributed by atoms with van der Waals surface area (Å²) < 4.78 is 0. The van der Waals surface area contributed by atoms with Crippen LogP contribution in [0, 0.1) is 6.92 Å². The van der Waals surface area contributed by atoms with Gasteiger partial charge in [0, 0.05) is 33.8 Å². The van der Waals surface area contributed by atoms with Gasteiger partial charge in [0.15, 0.2) is 17.5 Å². The molecule has 2 heterocycles. The van der Waals surface area contributed by atoms with E-state index in [0.29, 0.717) is 17.5 Å². The van der Waals surface area contributed by atoms with E-state index in [0.717, 1.165) is 72.9 Å². The fourth-order valence-corrected chi connectivity index (χ4v) is 5.64. The van der Waals surface area contributed by atoms with Gasteiger partial charge in [-0.2, -0.15) is 0 Å². The summed E-state index contributed by atoms with van der Waals surface area (Å²) in [5, 5.41) is 0. The third-order valence-corrected chi connectivity index (χ3v) is 8.55. The van der Waals surface area contributed by atoms with Gasteiger partial charge in [-0.1, -0.05) is 109 Å². The number of aryl methyl sites for hydroxylation is 1. The SMILES string of the molecule is C/C=C\C=C(/C)c1nc(-c2ccccc2)nc(-c2cc(-c3ccc(C(C)=N/C(C)=C\C)cc3)cc(-c3ccc(-c4cccc(C)n4)cc3)c2)n1. The maximum Gasteiger partial charge on any atom is 0.164 e. The summed E-state index contributed by atoms with van der Waals surface area (Å²) >= 11 is 0. The van der Waals surface area contributed by atoms with E-state index in [9.17, 15) is 0 Å². The quantitative estimate of drug-likeness (QED) is 0.115. The molecule has 0 aliphatic heterocycles. The van der Waals surface area contributed by atoms with Crippen LogP contribution in [-0.4, -0.2) is 25.6 Å². The van der Waals surface area contributed by atoms with Gasteiger partial charge in [0.2, 0.25) is 0 Å². The zero-order valence-corrected chi connectivity index (χ0v) is 29.5. The Labute approximate surface area is 295 Å². The molecule has 0 saturated carbocycles. The molecule has 0 amide bonds. The van der Waals surface area contributed by atoms with Gasteiger partial charge in [-0.25, -0.2) is 15.0 Å². The topological polar surface area (TPSA) is 63.9 Å². The lowest BCUT2D eigenvalue weighted by molar-refractivity contribution is 1.03. The summed E-state index contributed by atoms with van der Waals surface area (Å²) in [6.45, 7) is 12.1. The fourth-order valence-electron chi connectivity index (χ4n) is 5.64. The molecule has 0 saturated heterocycles. The molecule has 0 atom stereocenters. The van der Waals surface area contributed by atoms with E-state index in [4.69, 9.17) is 24.9 Å². The van der Waals surface area contributed by atoms with Gasteiger partial charge in [0.1, 0.15) is 0 Å². The van der Waals surface area contributed by atoms with Crippen molar-refractivity contribution in [3.63, 3.8) is 0 Å². The first kappa shape index (κ1) is 33.8. The van der Waals surface area contributed by atoms with E-state index in [1.165, 1.54) is 0 Å². The summed E-state index contributed by atoms with van der Waals surface area (Å²) in [7, 11) is 0. The molecule has 5 heteroatoms. The summed E-state index contributed by atoms with van der Waals surface area (Å²) in [6.07, 6.45) is 8.05. The van der Waals surface area contributed by atoms with Crippen molar-refractivity contribution >= 4 is 11.3 Å². The first-order valence-corrected chi connectivity index (χ1v) is 16.9. The lowest BCUT2D eigenvalue weighted by atomic mass is 9.94. The van der Waals surface area contributed by atoms with E-state index in [1.807, 2.05) is 114 Å². The highest BCUT2D eigenvalue weighted by Gasteiger charge is 2.15. The van der Waals surface area contributed by atoms with Crippen LogP contribution in [0.15, 0.2) is 150 Å². The molecule has 50 heavy (non-hydrogen) atoms. The van der Waals surface area contributed by atoms with Gasteiger partial charge in [-0.05, 0) is 105 Å². The maximum absolute atomic E-state index is 5.04. The number of aromatic nitrogens is 4. The monoisotopic (exact) mass is 651 g/mol. The summed E-state index contributed by atoms with van der Waals surface area (Å²) in [5.41, 5.74) is 13.2. The molecule has 246 valence electrons. The lowest BCUT2D eigenvalue weighted by Crippen LogP contribution is -2.02. The molecule has 0 spiro atoms. The van der Waals surface area contributed by atoms with Crippen LogP contribution in [0.4, 0.5) is 0 Å². The van der Waals surface area contributed by atoms with Crippen LogP contribution in [0.5, 0.6) is 0 Å². The van der Waals surface area contributed by atoms with E-state index < -0.39 is 0 Å². The molecular weight excluding hydrogens is 611 g/mol. The minimum atomic E-state index is 0.618. The number of benzene rings is 4. The van der Waals surface area contributed by atoms with Gasteiger partial charge in [-0.3, -0.25) is 9.98 Å². The second-order valence-corrected chi connectivity index (χ2v) is 12.3. The minimum Gasteiger partial charge on any atom is -0.258 e. The van der Waals surface area contributed by atoms with Crippen molar-refractivity contribution < 1.29 is 0 Å². The van der Waals surface area contributed by atoms with Gasteiger partial charge >= 0.3 is 0 Å². The Morgan fingerprint density at radius 3 is 1.78 bits per heavy atom. The zero-order chi connectivity index (χ0) is 35.0. The zero-order valence-electron chi connectivity index (χ0n) is 29.5. The standard InChI is InChI=1S/C45H41N5/c1-7-9-14-30(3)43-48-44(38-16-11-10-12-17-38)50-45(49-43)41-28-39(35-21-19-34(20-22-35)33(6)46-31(4)8-2)27-40(29-41)36-23-25-37(26-24-36)42-18-13-15-32(5)47-42/h7-29H,1-6H3/b9-7-,30-14+,31-8-,46-33?. The highest BCUT2D eigenvalue weighted by Crippen LogP contribution is 2.34. The average Bonchev–Trinajstić information content (AvgIpc) is 3.17. The number of allylic oxidation sites excluding steroid dienone is 6. The van der Waals surface area contributed by atoms with Crippen LogP contribution >= 0.6 is 0 Å². The van der Waals surface area contributed by atoms with Crippen molar-refractivity contribution in [3.8, 4) is 56.3 Å². The van der Waals surface area contributed by atoms with E-state index in [-0.39, 0.29) is 0 Å². The van der Waals surface area contributed by atoms with Crippen molar-refractivity contribution in [2.24, 2.45) is 4.99 Å². The average molecular weight is 652 g/mol. The number of rotatable bonds is 9. The molecule has 0 bridgehead atoms. The Balaban J connectivity index is 1.51. The second kappa shape index (κ2) is 15.4. The highest BCUT2D eigenvalue weighted by molar-refractivity contribution is 5.99. The van der Waals surface area contributed by atoms with E-state index in [1.54, 1.807) is 0 Å². The predicted molar refractivity (Wildman–Crippen MR) is 210 cm³/mol. The van der Waals surface area contributed by atoms with Crippen molar-refractivity contribution in [3.05, 3.63) is 162 Å². The van der Waals surface area contributed by atoms with Gasteiger partial charge in [-0.15, -0.1) is 0 Å². The highest BCUT2D eigenvalue weighted by atomic mass is 15.0. The third kappa shape index (κ3) is 7.96. The molecule has 0 fully saturated rings. The van der Waals surface area contributed by atoms with Crippen molar-refractivity contribution in [1.82, 2.24) is 19.9 Å². The first-order chi connectivity index (χ1) is 24.3. The number of hydrogen-bond acceptors (Lipinski definition) is 5. The molecule has 4 aromatic carbocycles. The van der Waals surface area contributed by atoms with Crippen molar-refractivity contribution in [1.29, 1.82) is 0 Å². The van der Waals surface area contributed by atoms with E-state index in [2.05, 4.69) is 66.7 Å². The predicted octanol–water partition coefficient (Wildman–Crippen LogP) is 11.6. The van der Waals surface area contributed by atoms with Crippen LogP contribution in [0.2, 0.25) is 0 Å². The van der Waals surface area contributed by atoms with Crippen LogP contribution in [-0.2, 0) is 0 Å². The summed E-state index contributed by atoms with van der Waals surface area (Å²) in [5.74, 6) is 1.90. The van der Waals surface area contributed by atoms with Crippen molar-refractivity contribution in [2.75, 3.05) is 0 Å². The maximum atomic E-state index is 5.04. The van der Waals surface area contributed by atoms with Gasteiger partial charge in [0.05, 0.1) is 5.69 Å². The normalized spacial score (nSPS) is 12.5. The first-order valence-electron chi connectivity index (χ1n) is 16.9. The number of hydrogen-bond donors (Lipinski definition) is 0. The van der Waals surface area contributed by atoms with Crippen LogP contribution in [0.1, 0.15) is 51.7 Å². The van der Waals surface area contributed by atoms with Crippen LogP contribution < -0.4 is 0 Å². The Kier molecular flexibility index (Phi) is 10.4. The minimum absolute atomic E-state index is 0.618. The molecule has 6 rings (SSSR count). The van der Waals surface area contributed by atoms with Crippen molar-refractivity contribution in [2.45, 2.75) is 41.5 Å².